The van der Waals surface area contributed by atoms with E-state index in [1.165, 1.54) is 0 Å². The third-order valence-electron chi connectivity index (χ3n) is 2.00. The molecule has 0 amide bonds. The van der Waals surface area contributed by atoms with Crippen molar-refractivity contribution in [2.45, 2.75) is 24.7 Å². The topological polar surface area (TPSA) is 42.4 Å². The van der Waals surface area contributed by atoms with Crippen LogP contribution in [-0.4, -0.2) is 16.5 Å². The molecule has 0 atom stereocenters. The maximum atomic E-state index is 12.8. The summed E-state index contributed by atoms with van der Waals surface area (Å²) in [5, 5.41) is 8.90. The van der Waals surface area contributed by atoms with Gasteiger partial charge in [0, 0.05) is 22.7 Å². The molecular weight excluding hydrogens is 329 g/mol. The van der Waals surface area contributed by atoms with E-state index in [2.05, 4.69) is 25.7 Å². The van der Waals surface area contributed by atoms with Gasteiger partial charge < -0.3 is 9.84 Å². The van der Waals surface area contributed by atoms with Crippen LogP contribution < -0.4 is 4.74 Å². The number of aliphatic hydroxyl groups excluding tert-OH is 1. The van der Waals surface area contributed by atoms with E-state index in [4.69, 9.17) is 5.11 Å². The molecule has 3 nitrogen and oxygen atoms in total. The number of ether oxygens (including phenoxy) is 1. The van der Waals surface area contributed by atoms with Gasteiger partial charge in [0.2, 0.25) is 5.88 Å². The molecule has 0 aromatic carbocycles. The van der Waals surface area contributed by atoms with Gasteiger partial charge in [-0.15, -0.1) is 13.2 Å². The lowest BCUT2D eigenvalue weighted by Gasteiger charge is -2.16. The molecule has 0 unspecified atom stereocenters. The summed E-state index contributed by atoms with van der Waals surface area (Å²) in [5.41, 5.74) is -1.38. The summed E-state index contributed by atoms with van der Waals surface area (Å²) in [6, 6.07) is 0. The van der Waals surface area contributed by atoms with Gasteiger partial charge in [-0.1, -0.05) is 15.9 Å². The van der Waals surface area contributed by atoms with Gasteiger partial charge >= 0.3 is 6.36 Å². The number of halogens is 6. The maximum Gasteiger partial charge on any atom is 0.574 e. The average molecular weight is 336 g/mol. The minimum atomic E-state index is -5.06. The first-order valence-corrected chi connectivity index (χ1v) is 5.63. The molecule has 9 heteroatoms. The Morgan fingerprint density at radius 2 is 2.00 bits per heavy atom. The van der Waals surface area contributed by atoms with Crippen LogP contribution in [0.2, 0.25) is 0 Å². The standard InChI is InChI=1S/C9H7BrF5NO2/c10-1-4-2-16-8(18-9(13,14)15)5(3-17)6(4)7(11)12/h2,7,17H,1,3H2. The van der Waals surface area contributed by atoms with Crippen molar-refractivity contribution in [2.75, 3.05) is 0 Å². The summed E-state index contributed by atoms with van der Waals surface area (Å²) in [4.78, 5) is 3.28. The molecule has 0 radical (unpaired) electrons. The molecule has 1 N–H and O–H groups in total. The van der Waals surface area contributed by atoms with Crippen molar-refractivity contribution in [3.8, 4) is 5.88 Å². The maximum absolute atomic E-state index is 12.8. The summed E-state index contributed by atoms with van der Waals surface area (Å²) in [7, 11) is 0. The second-order valence-electron chi connectivity index (χ2n) is 3.12. The lowest BCUT2D eigenvalue weighted by Crippen LogP contribution is -2.20. The zero-order chi connectivity index (χ0) is 13.9. The van der Waals surface area contributed by atoms with Gasteiger partial charge in [-0.2, -0.15) is 0 Å². The molecule has 0 aliphatic carbocycles. The Morgan fingerprint density at radius 3 is 2.39 bits per heavy atom. The van der Waals surface area contributed by atoms with E-state index in [9.17, 15) is 22.0 Å². The first kappa shape index (κ1) is 15.1. The second-order valence-corrected chi connectivity index (χ2v) is 3.68. The summed E-state index contributed by atoms with van der Waals surface area (Å²) in [6.45, 7) is -1.03. The Bertz CT molecular complexity index is 424. The molecular formula is C9H7BrF5NO2. The molecule has 0 aliphatic rings. The monoisotopic (exact) mass is 335 g/mol. The fourth-order valence-electron chi connectivity index (χ4n) is 1.32. The number of hydrogen-bond donors (Lipinski definition) is 1. The number of rotatable bonds is 4. The van der Waals surface area contributed by atoms with Crippen molar-refractivity contribution in [1.82, 2.24) is 4.98 Å². The highest BCUT2D eigenvalue weighted by Gasteiger charge is 2.34. The summed E-state index contributed by atoms with van der Waals surface area (Å²) in [6.07, 6.45) is -7.26. The van der Waals surface area contributed by atoms with E-state index in [1.54, 1.807) is 0 Å². The van der Waals surface area contributed by atoms with Crippen LogP contribution >= 0.6 is 15.9 Å². The van der Waals surface area contributed by atoms with Gasteiger partial charge in [0.1, 0.15) is 0 Å². The zero-order valence-electron chi connectivity index (χ0n) is 8.64. The van der Waals surface area contributed by atoms with E-state index in [0.29, 0.717) is 0 Å². The number of aliphatic hydroxyl groups is 1. The predicted octanol–water partition coefficient (Wildman–Crippen LogP) is 3.31. The summed E-state index contributed by atoms with van der Waals surface area (Å²) >= 11 is 2.91. The molecule has 1 aromatic rings. The van der Waals surface area contributed by atoms with Gasteiger partial charge in [-0.25, -0.2) is 13.8 Å². The summed E-state index contributed by atoms with van der Waals surface area (Å²) in [5.74, 6) is -1.06. The number of pyridine rings is 1. The fourth-order valence-corrected chi connectivity index (χ4v) is 1.77. The molecule has 0 saturated heterocycles. The molecule has 0 fully saturated rings. The van der Waals surface area contributed by atoms with Crippen LogP contribution in [-0.2, 0) is 11.9 Å². The molecule has 0 aliphatic heterocycles. The van der Waals surface area contributed by atoms with Gasteiger partial charge in [0.25, 0.3) is 6.43 Å². The molecule has 18 heavy (non-hydrogen) atoms. The van der Waals surface area contributed by atoms with Gasteiger partial charge in [-0.3, -0.25) is 0 Å². The van der Waals surface area contributed by atoms with Gasteiger partial charge in [-0.05, 0) is 5.56 Å². The Kier molecular flexibility index (Phi) is 4.85. The lowest BCUT2D eigenvalue weighted by molar-refractivity contribution is -0.276. The predicted molar refractivity (Wildman–Crippen MR) is 54.4 cm³/mol. The van der Waals surface area contributed by atoms with E-state index >= 15 is 0 Å². The highest BCUT2D eigenvalue weighted by Crippen LogP contribution is 2.34. The Morgan fingerprint density at radius 1 is 1.39 bits per heavy atom. The van der Waals surface area contributed by atoms with Crippen molar-refractivity contribution in [1.29, 1.82) is 0 Å². The Labute approximate surface area is 107 Å². The molecule has 0 bridgehead atoms. The van der Waals surface area contributed by atoms with E-state index < -0.39 is 36.4 Å². The third kappa shape index (κ3) is 3.52. The Balaban J connectivity index is 3.33. The van der Waals surface area contributed by atoms with Crippen LogP contribution in [0.5, 0.6) is 5.88 Å². The first-order valence-electron chi connectivity index (χ1n) is 4.51. The normalized spacial score (nSPS) is 12.0. The van der Waals surface area contributed by atoms with Gasteiger partial charge in [0.05, 0.1) is 6.61 Å². The number of alkyl halides is 6. The number of aromatic nitrogens is 1. The lowest BCUT2D eigenvalue weighted by atomic mass is 10.1. The fraction of sp³-hybridized carbons (Fsp3) is 0.444. The molecule has 1 heterocycles. The minimum Gasteiger partial charge on any atom is -0.391 e. The van der Waals surface area contributed by atoms with Crippen molar-refractivity contribution in [2.24, 2.45) is 0 Å². The van der Waals surface area contributed by atoms with Crippen LogP contribution in [0.3, 0.4) is 0 Å². The third-order valence-corrected chi connectivity index (χ3v) is 2.60. The molecule has 0 spiro atoms. The van der Waals surface area contributed by atoms with Crippen LogP contribution in [0.1, 0.15) is 23.1 Å². The molecule has 102 valence electrons. The van der Waals surface area contributed by atoms with Crippen molar-refractivity contribution >= 4 is 15.9 Å². The van der Waals surface area contributed by atoms with Crippen molar-refractivity contribution in [3.63, 3.8) is 0 Å². The quantitative estimate of drug-likeness (QED) is 0.678. The SMILES string of the molecule is OCc1c(OC(F)(F)F)ncc(CBr)c1C(F)F. The first-order chi connectivity index (χ1) is 8.30. The Hall–Kier alpha value is -0.960. The highest BCUT2D eigenvalue weighted by molar-refractivity contribution is 9.08. The summed E-state index contributed by atoms with van der Waals surface area (Å²) < 4.78 is 65.1. The molecule has 0 saturated carbocycles. The van der Waals surface area contributed by atoms with Gasteiger partial charge in [0.15, 0.2) is 0 Å². The number of hydrogen-bond acceptors (Lipinski definition) is 3. The van der Waals surface area contributed by atoms with Crippen LogP contribution in [0.4, 0.5) is 22.0 Å². The van der Waals surface area contributed by atoms with Crippen molar-refractivity contribution < 1.29 is 31.8 Å². The largest absolute Gasteiger partial charge is 0.574 e. The van der Waals surface area contributed by atoms with E-state index in [0.717, 1.165) is 6.20 Å². The van der Waals surface area contributed by atoms with E-state index in [1.807, 2.05) is 0 Å². The van der Waals surface area contributed by atoms with E-state index in [-0.39, 0.29) is 10.9 Å². The van der Waals surface area contributed by atoms with Crippen molar-refractivity contribution in [3.05, 3.63) is 22.9 Å². The van der Waals surface area contributed by atoms with Crippen LogP contribution in [0, 0.1) is 0 Å². The minimum absolute atomic E-state index is 0.0106. The van der Waals surface area contributed by atoms with Crippen LogP contribution in [0.25, 0.3) is 0 Å². The second kappa shape index (κ2) is 5.79. The average Bonchev–Trinajstić information content (AvgIpc) is 2.26. The smallest absolute Gasteiger partial charge is 0.391 e. The zero-order valence-corrected chi connectivity index (χ0v) is 10.2. The number of nitrogens with zero attached hydrogens (tertiary/aromatic N) is 1. The van der Waals surface area contributed by atoms with Crippen LogP contribution in [0.15, 0.2) is 6.20 Å². The highest BCUT2D eigenvalue weighted by atomic mass is 79.9. The molecule has 1 aromatic heterocycles. The molecule has 1 rings (SSSR count).